The van der Waals surface area contributed by atoms with Crippen molar-refractivity contribution in [2.75, 3.05) is 31.1 Å². The van der Waals surface area contributed by atoms with Crippen molar-refractivity contribution < 1.29 is 0 Å². The maximum atomic E-state index is 5.98. The molecule has 1 heterocycles. The Kier molecular flexibility index (Phi) is 11.4. The molecule has 0 unspecified atom stereocenters. The maximum Gasteiger partial charge on any atom is 0.191 e. The van der Waals surface area contributed by atoms with E-state index in [0.717, 1.165) is 37.9 Å². The van der Waals surface area contributed by atoms with E-state index in [1.54, 1.807) is 0 Å². The number of thioether (sulfide) groups is 1. The van der Waals surface area contributed by atoms with Crippen LogP contribution in [0.2, 0.25) is 0 Å². The first kappa shape index (κ1) is 18.4. The number of hydrogen-bond donors (Lipinski definition) is 1. The normalized spacial score (nSPS) is 16.8. The number of nitrogens with zero attached hydrogens (tertiary/aromatic N) is 2. The van der Waals surface area contributed by atoms with Crippen LogP contribution >= 0.6 is 35.7 Å². The van der Waals surface area contributed by atoms with Gasteiger partial charge in [0.2, 0.25) is 0 Å². The SMILES string of the molecule is CC(C)CSCCCN=C(N)N1CCCCC1.I. The average Bonchev–Trinajstić information content (AvgIpc) is 2.34. The lowest BCUT2D eigenvalue weighted by Gasteiger charge is -2.27. The molecule has 0 aromatic carbocycles. The standard InChI is InChI=1S/C13H27N3S.HI/c1-12(2)11-17-10-6-7-15-13(14)16-8-4-3-5-9-16;/h12H,3-11H2,1-2H3,(H2,14,15);1H. The van der Waals surface area contributed by atoms with Crippen molar-refractivity contribution in [3.8, 4) is 0 Å². The smallest absolute Gasteiger partial charge is 0.191 e. The van der Waals surface area contributed by atoms with Crippen molar-refractivity contribution in [1.82, 2.24) is 4.90 Å². The molecule has 1 fully saturated rings. The van der Waals surface area contributed by atoms with E-state index < -0.39 is 0 Å². The molecular formula is C13H28IN3S. The van der Waals surface area contributed by atoms with Crippen LogP contribution in [0.3, 0.4) is 0 Å². The second kappa shape index (κ2) is 11.2. The molecule has 0 spiro atoms. The van der Waals surface area contributed by atoms with E-state index in [1.165, 1.54) is 30.8 Å². The topological polar surface area (TPSA) is 41.6 Å². The molecule has 1 saturated heterocycles. The van der Waals surface area contributed by atoms with Crippen LogP contribution in [0.25, 0.3) is 0 Å². The van der Waals surface area contributed by atoms with Gasteiger partial charge in [0.05, 0.1) is 0 Å². The van der Waals surface area contributed by atoms with Gasteiger partial charge in [0.15, 0.2) is 5.96 Å². The Labute approximate surface area is 133 Å². The minimum absolute atomic E-state index is 0. The molecule has 0 saturated carbocycles. The van der Waals surface area contributed by atoms with E-state index in [9.17, 15) is 0 Å². The van der Waals surface area contributed by atoms with Crippen molar-refractivity contribution in [2.24, 2.45) is 16.6 Å². The van der Waals surface area contributed by atoms with Gasteiger partial charge < -0.3 is 10.6 Å². The van der Waals surface area contributed by atoms with Gasteiger partial charge >= 0.3 is 0 Å². The Morgan fingerprint density at radius 1 is 1.28 bits per heavy atom. The molecule has 1 rings (SSSR count). The van der Waals surface area contributed by atoms with E-state index in [-0.39, 0.29) is 24.0 Å². The van der Waals surface area contributed by atoms with Crippen LogP contribution < -0.4 is 5.73 Å². The minimum atomic E-state index is 0. The first-order valence-corrected chi connectivity index (χ1v) is 7.98. The minimum Gasteiger partial charge on any atom is -0.370 e. The second-order valence-corrected chi connectivity index (χ2v) is 6.26. The quantitative estimate of drug-likeness (QED) is 0.331. The van der Waals surface area contributed by atoms with Crippen LogP contribution in [0.15, 0.2) is 4.99 Å². The largest absolute Gasteiger partial charge is 0.370 e. The number of nitrogens with two attached hydrogens (primary N) is 1. The molecule has 18 heavy (non-hydrogen) atoms. The average molecular weight is 385 g/mol. The summed E-state index contributed by atoms with van der Waals surface area (Å²) >= 11 is 2.02. The number of piperidine rings is 1. The summed E-state index contributed by atoms with van der Waals surface area (Å²) in [5, 5.41) is 0. The first-order chi connectivity index (χ1) is 8.20. The van der Waals surface area contributed by atoms with Crippen LogP contribution in [0.1, 0.15) is 39.5 Å². The molecule has 0 amide bonds. The fourth-order valence-electron chi connectivity index (χ4n) is 1.90. The second-order valence-electron chi connectivity index (χ2n) is 5.11. The Morgan fingerprint density at radius 2 is 1.94 bits per heavy atom. The van der Waals surface area contributed by atoms with Gasteiger partial charge in [-0.05, 0) is 43.1 Å². The lowest BCUT2D eigenvalue weighted by Crippen LogP contribution is -2.40. The third-order valence-corrected chi connectivity index (χ3v) is 4.33. The molecule has 1 aliphatic rings. The molecule has 108 valence electrons. The summed E-state index contributed by atoms with van der Waals surface area (Å²) in [6, 6.07) is 0. The van der Waals surface area contributed by atoms with Gasteiger partial charge in [0.25, 0.3) is 0 Å². The number of hydrogen-bond acceptors (Lipinski definition) is 2. The zero-order valence-corrected chi connectivity index (χ0v) is 14.9. The highest BCUT2D eigenvalue weighted by atomic mass is 127. The van der Waals surface area contributed by atoms with Crippen molar-refractivity contribution in [3.05, 3.63) is 0 Å². The van der Waals surface area contributed by atoms with Gasteiger partial charge in [0, 0.05) is 19.6 Å². The van der Waals surface area contributed by atoms with Crippen LogP contribution in [0.5, 0.6) is 0 Å². The van der Waals surface area contributed by atoms with Crippen LogP contribution in [0, 0.1) is 5.92 Å². The van der Waals surface area contributed by atoms with E-state index >= 15 is 0 Å². The highest BCUT2D eigenvalue weighted by Gasteiger charge is 2.11. The number of aliphatic imine (C=N–C) groups is 1. The molecule has 0 aromatic rings. The third kappa shape index (κ3) is 8.45. The summed E-state index contributed by atoms with van der Waals surface area (Å²) < 4.78 is 0. The predicted molar refractivity (Wildman–Crippen MR) is 94.1 cm³/mol. The summed E-state index contributed by atoms with van der Waals surface area (Å²) in [7, 11) is 0. The van der Waals surface area contributed by atoms with Crippen LogP contribution in [-0.4, -0.2) is 42.0 Å². The molecule has 0 aromatic heterocycles. The number of halogens is 1. The van der Waals surface area contributed by atoms with Gasteiger partial charge in [-0.3, -0.25) is 4.99 Å². The van der Waals surface area contributed by atoms with Gasteiger partial charge in [-0.25, -0.2) is 0 Å². The molecule has 2 N–H and O–H groups in total. The first-order valence-electron chi connectivity index (χ1n) is 6.82. The molecule has 3 nitrogen and oxygen atoms in total. The summed E-state index contributed by atoms with van der Waals surface area (Å²) in [4.78, 5) is 6.70. The lowest BCUT2D eigenvalue weighted by atomic mass is 10.1. The summed E-state index contributed by atoms with van der Waals surface area (Å²) in [5.74, 6) is 4.01. The fraction of sp³-hybridized carbons (Fsp3) is 0.923. The molecule has 0 radical (unpaired) electrons. The molecule has 0 atom stereocenters. The van der Waals surface area contributed by atoms with Crippen LogP contribution in [-0.2, 0) is 0 Å². The van der Waals surface area contributed by atoms with E-state index in [2.05, 4.69) is 23.7 Å². The summed E-state index contributed by atoms with van der Waals surface area (Å²) in [5.41, 5.74) is 5.98. The maximum absolute atomic E-state index is 5.98. The van der Waals surface area contributed by atoms with Crippen molar-refractivity contribution in [2.45, 2.75) is 39.5 Å². The van der Waals surface area contributed by atoms with Gasteiger partial charge in [0.1, 0.15) is 0 Å². The Bertz CT molecular complexity index is 228. The van der Waals surface area contributed by atoms with Gasteiger partial charge in [-0.2, -0.15) is 11.8 Å². The van der Waals surface area contributed by atoms with Gasteiger partial charge in [-0.15, -0.1) is 24.0 Å². The molecule has 0 bridgehead atoms. The Balaban J connectivity index is 0.00000289. The number of guanidine groups is 1. The Morgan fingerprint density at radius 3 is 2.56 bits per heavy atom. The van der Waals surface area contributed by atoms with Crippen molar-refractivity contribution in [3.63, 3.8) is 0 Å². The zero-order valence-electron chi connectivity index (χ0n) is 11.7. The molecular weight excluding hydrogens is 357 g/mol. The lowest BCUT2D eigenvalue weighted by molar-refractivity contribution is 0.338. The molecule has 0 aliphatic carbocycles. The highest BCUT2D eigenvalue weighted by Crippen LogP contribution is 2.09. The van der Waals surface area contributed by atoms with Gasteiger partial charge in [-0.1, -0.05) is 13.8 Å². The number of likely N-dealkylation sites (tertiary alicyclic amines) is 1. The Hall–Kier alpha value is 0.350. The van der Waals surface area contributed by atoms with Crippen molar-refractivity contribution in [1.29, 1.82) is 0 Å². The molecule has 5 heteroatoms. The fourth-order valence-corrected chi connectivity index (χ4v) is 2.87. The zero-order chi connectivity index (χ0) is 12.5. The monoisotopic (exact) mass is 385 g/mol. The summed E-state index contributed by atoms with van der Waals surface area (Å²) in [6.07, 6.45) is 5.02. The summed E-state index contributed by atoms with van der Waals surface area (Å²) in [6.45, 7) is 7.60. The van der Waals surface area contributed by atoms with Crippen molar-refractivity contribution >= 4 is 41.7 Å². The van der Waals surface area contributed by atoms with E-state index in [1.807, 2.05) is 11.8 Å². The number of rotatable bonds is 6. The highest BCUT2D eigenvalue weighted by molar-refractivity contribution is 14.0. The van der Waals surface area contributed by atoms with E-state index in [0.29, 0.717) is 0 Å². The predicted octanol–water partition coefficient (Wildman–Crippen LogP) is 3.18. The third-order valence-electron chi connectivity index (χ3n) is 2.85. The van der Waals surface area contributed by atoms with Crippen LogP contribution in [0.4, 0.5) is 0 Å². The van der Waals surface area contributed by atoms with E-state index in [4.69, 9.17) is 5.73 Å². The molecule has 1 aliphatic heterocycles.